The molecule has 0 fully saturated rings. The van der Waals surface area contributed by atoms with E-state index in [-0.39, 0.29) is 38.3 Å². The van der Waals surface area contributed by atoms with E-state index in [0.717, 1.165) is 48.5 Å². The molecule has 0 radical (unpaired) electrons. The zero-order valence-corrected chi connectivity index (χ0v) is 22.6. The first-order valence-electron chi connectivity index (χ1n) is 11.4. The van der Waals surface area contributed by atoms with Crippen LogP contribution in [0.15, 0.2) is 101 Å². The van der Waals surface area contributed by atoms with Crippen LogP contribution in [0.3, 0.4) is 0 Å². The minimum atomic E-state index is -4.37. The molecule has 212 valence electrons. The first-order chi connectivity index (χ1) is 19.4. The number of non-ortho nitro benzene ring substituents is 2. The van der Waals surface area contributed by atoms with Gasteiger partial charge in [-0.1, -0.05) is 0 Å². The van der Waals surface area contributed by atoms with Crippen molar-refractivity contribution in [3.8, 4) is 17.2 Å². The number of nitrogens with one attached hydrogen (secondary N) is 2. The summed E-state index contributed by atoms with van der Waals surface area (Å²) < 4.78 is 67.8. The maximum Gasteiger partial charge on any atom is 0.269 e. The number of nitrogens with zero attached hydrogens (tertiary/aromatic N) is 2. The number of nitro groups is 2. The second kappa shape index (κ2) is 11.5. The molecule has 16 heteroatoms. The molecule has 2 N–H and O–H groups in total. The highest BCUT2D eigenvalue weighted by atomic mass is 32.2. The highest BCUT2D eigenvalue weighted by Gasteiger charge is 2.22. The molecule has 14 nitrogen and oxygen atoms in total. The van der Waals surface area contributed by atoms with Crippen molar-refractivity contribution in [2.45, 2.75) is 9.79 Å². The van der Waals surface area contributed by atoms with Crippen LogP contribution in [0.1, 0.15) is 0 Å². The van der Waals surface area contributed by atoms with E-state index in [1.807, 2.05) is 0 Å². The molecule has 0 bridgehead atoms. The lowest BCUT2D eigenvalue weighted by Gasteiger charge is -2.16. The Morgan fingerprint density at radius 1 is 0.585 bits per heavy atom. The van der Waals surface area contributed by atoms with Gasteiger partial charge in [-0.3, -0.25) is 29.7 Å². The van der Waals surface area contributed by atoms with E-state index in [0.29, 0.717) is 11.5 Å². The zero-order valence-electron chi connectivity index (χ0n) is 21.0. The SMILES string of the molecule is COc1ccc(Oc2ccc(NS(=O)(=O)c3ccc([N+](=O)[O-])cc3)c(NS(=O)(=O)c3ccc([N+](=O)[O-])cc3)c2)cc1. The summed E-state index contributed by atoms with van der Waals surface area (Å²) in [5, 5.41) is 21.9. The zero-order chi connectivity index (χ0) is 29.8. The molecule has 4 rings (SSSR count). The van der Waals surface area contributed by atoms with Crippen LogP contribution in [0.2, 0.25) is 0 Å². The molecule has 0 amide bonds. The maximum absolute atomic E-state index is 13.1. The van der Waals surface area contributed by atoms with Crippen molar-refractivity contribution in [2.75, 3.05) is 16.6 Å². The van der Waals surface area contributed by atoms with Crippen LogP contribution in [-0.2, 0) is 20.0 Å². The van der Waals surface area contributed by atoms with Crippen LogP contribution >= 0.6 is 0 Å². The van der Waals surface area contributed by atoms with Crippen molar-refractivity contribution in [1.82, 2.24) is 0 Å². The molecule has 4 aromatic rings. The summed E-state index contributed by atoms with van der Waals surface area (Å²) in [5.41, 5.74) is -1.08. The van der Waals surface area contributed by atoms with Crippen LogP contribution in [0.25, 0.3) is 0 Å². The molecule has 0 aliphatic carbocycles. The van der Waals surface area contributed by atoms with E-state index < -0.39 is 29.9 Å². The third kappa shape index (κ3) is 6.87. The van der Waals surface area contributed by atoms with Gasteiger partial charge in [-0.2, -0.15) is 0 Å². The minimum Gasteiger partial charge on any atom is -0.497 e. The number of sulfonamides is 2. The summed E-state index contributed by atoms with van der Waals surface area (Å²) in [4.78, 5) is 19.9. The van der Waals surface area contributed by atoms with Gasteiger partial charge in [-0.05, 0) is 60.7 Å². The number of rotatable bonds is 11. The van der Waals surface area contributed by atoms with E-state index in [4.69, 9.17) is 9.47 Å². The number of ether oxygens (including phenoxy) is 2. The Kier molecular flexibility index (Phi) is 8.06. The van der Waals surface area contributed by atoms with E-state index in [1.54, 1.807) is 24.3 Å². The van der Waals surface area contributed by atoms with Gasteiger partial charge in [-0.25, -0.2) is 16.8 Å². The van der Waals surface area contributed by atoms with Gasteiger partial charge in [0.25, 0.3) is 31.4 Å². The number of nitro benzene ring substituents is 2. The van der Waals surface area contributed by atoms with Crippen molar-refractivity contribution in [1.29, 1.82) is 0 Å². The van der Waals surface area contributed by atoms with Gasteiger partial charge >= 0.3 is 0 Å². The summed E-state index contributed by atoms with van der Waals surface area (Å²) in [5.74, 6) is 1.08. The Labute approximate surface area is 233 Å². The number of methoxy groups -OCH3 is 1. The Balaban J connectivity index is 1.70. The van der Waals surface area contributed by atoms with Crippen molar-refractivity contribution < 1.29 is 36.2 Å². The van der Waals surface area contributed by atoms with Crippen LogP contribution in [-0.4, -0.2) is 33.8 Å². The molecular formula is C25H20N4O10S2. The monoisotopic (exact) mass is 600 g/mol. The number of hydrogen-bond acceptors (Lipinski definition) is 10. The number of benzene rings is 4. The molecule has 0 saturated carbocycles. The van der Waals surface area contributed by atoms with E-state index in [9.17, 15) is 37.1 Å². The van der Waals surface area contributed by atoms with Gasteiger partial charge in [0.2, 0.25) is 0 Å². The van der Waals surface area contributed by atoms with Crippen molar-refractivity contribution in [2.24, 2.45) is 0 Å². The van der Waals surface area contributed by atoms with Crippen molar-refractivity contribution in [3.63, 3.8) is 0 Å². The van der Waals surface area contributed by atoms with Gasteiger partial charge in [-0.15, -0.1) is 0 Å². The fourth-order valence-corrected chi connectivity index (χ4v) is 5.59. The van der Waals surface area contributed by atoms with Gasteiger partial charge in [0.05, 0.1) is 38.1 Å². The molecule has 0 heterocycles. The van der Waals surface area contributed by atoms with Crippen LogP contribution in [0.5, 0.6) is 17.2 Å². The van der Waals surface area contributed by atoms with Gasteiger partial charge in [0.1, 0.15) is 17.2 Å². The Morgan fingerprint density at radius 2 is 1.00 bits per heavy atom. The normalized spacial score (nSPS) is 11.3. The smallest absolute Gasteiger partial charge is 0.269 e. The van der Waals surface area contributed by atoms with Crippen molar-refractivity contribution >= 4 is 42.8 Å². The molecule has 4 aromatic carbocycles. The largest absolute Gasteiger partial charge is 0.497 e. The second-order valence-electron chi connectivity index (χ2n) is 8.20. The van der Waals surface area contributed by atoms with Crippen LogP contribution < -0.4 is 18.9 Å². The summed E-state index contributed by atoms with van der Waals surface area (Å²) >= 11 is 0. The summed E-state index contributed by atoms with van der Waals surface area (Å²) in [7, 11) is -7.20. The standard InChI is InChI=1S/C25H20N4O10S2/c1-38-19-6-8-20(9-7-19)39-21-10-15-24(26-40(34,35)22-11-2-17(3-12-22)28(30)31)25(16-21)27-41(36,37)23-13-4-18(5-14-23)29(32)33/h2-16,26-27H,1H3. The molecule has 0 saturated heterocycles. The predicted molar refractivity (Wildman–Crippen MR) is 147 cm³/mol. The lowest BCUT2D eigenvalue weighted by Crippen LogP contribution is -2.17. The molecule has 0 aromatic heterocycles. The highest BCUT2D eigenvalue weighted by Crippen LogP contribution is 2.34. The van der Waals surface area contributed by atoms with Crippen molar-refractivity contribution in [3.05, 3.63) is 111 Å². The third-order valence-corrected chi connectivity index (χ3v) is 8.25. The highest BCUT2D eigenvalue weighted by molar-refractivity contribution is 7.93. The fourth-order valence-electron chi connectivity index (χ4n) is 3.44. The van der Waals surface area contributed by atoms with Gasteiger partial charge in [0.15, 0.2) is 0 Å². The molecule has 0 unspecified atom stereocenters. The lowest BCUT2D eigenvalue weighted by molar-refractivity contribution is -0.385. The molecule has 41 heavy (non-hydrogen) atoms. The predicted octanol–water partition coefficient (Wildman–Crippen LogP) is 4.91. The van der Waals surface area contributed by atoms with E-state index in [1.165, 1.54) is 25.3 Å². The maximum atomic E-state index is 13.1. The lowest BCUT2D eigenvalue weighted by atomic mass is 10.2. The van der Waals surface area contributed by atoms with Crippen LogP contribution in [0.4, 0.5) is 22.7 Å². The van der Waals surface area contributed by atoms with Gasteiger partial charge < -0.3 is 9.47 Å². The quantitative estimate of drug-likeness (QED) is 0.176. The van der Waals surface area contributed by atoms with E-state index >= 15 is 0 Å². The average molecular weight is 601 g/mol. The van der Waals surface area contributed by atoms with E-state index in [2.05, 4.69) is 9.44 Å². The second-order valence-corrected chi connectivity index (χ2v) is 11.6. The average Bonchev–Trinajstić information content (AvgIpc) is 2.94. The Morgan fingerprint density at radius 3 is 1.44 bits per heavy atom. The molecule has 0 aliphatic rings. The molecular weight excluding hydrogens is 580 g/mol. The van der Waals surface area contributed by atoms with Crippen LogP contribution in [0, 0.1) is 20.2 Å². The number of anilines is 2. The summed E-state index contributed by atoms with van der Waals surface area (Å²) in [6, 6.07) is 18.5. The molecule has 0 aliphatic heterocycles. The Bertz CT molecular complexity index is 1810. The fraction of sp³-hybridized carbons (Fsp3) is 0.0400. The number of hydrogen-bond donors (Lipinski definition) is 2. The molecule has 0 atom stereocenters. The first-order valence-corrected chi connectivity index (χ1v) is 14.3. The topological polar surface area (TPSA) is 197 Å². The molecule has 0 spiro atoms. The Hall–Kier alpha value is -5.22. The first kappa shape index (κ1) is 28.8. The van der Waals surface area contributed by atoms with Gasteiger partial charge in [0, 0.05) is 30.3 Å². The third-order valence-electron chi connectivity index (χ3n) is 5.49. The summed E-state index contributed by atoms with van der Waals surface area (Å²) in [6.07, 6.45) is 0. The minimum absolute atomic E-state index is 0.134. The summed E-state index contributed by atoms with van der Waals surface area (Å²) in [6.45, 7) is 0.